The predicted molar refractivity (Wildman–Crippen MR) is 48.3 cm³/mol. The van der Waals surface area contributed by atoms with Gasteiger partial charge in [0.15, 0.2) is 0 Å². The molecule has 0 spiro atoms. The monoisotopic (exact) mass is 150 g/mol. The summed E-state index contributed by atoms with van der Waals surface area (Å²) in [5.41, 5.74) is 1.75. The van der Waals surface area contributed by atoms with E-state index in [1.807, 2.05) is 0 Å². The van der Waals surface area contributed by atoms with Gasteiger partial charge >= 0.3 is 0 Å². The summed E-state index contributed by atoms with van der Waals surface area (Å²) in [4.78, 5) is 0. The summed E-state index contributed by atoms with van der Waals surface area (Å²) in [6.45, 7) is 7.06. The Morgan fingerprint density at radius 3 is 2.45 bits per heavy atom. The van der Waals surface area contributed by atoms with Crippen LogP contribution in [0.4, 0.5) is 0 Å². The first-order valence-electron chi connectivity index (χ1n) is 4.89. The van der Waals surface area contributed by atoms with Gasteiger partial charge in [-0.1, -0.05) is 25.5 Å². The average Bonchev–Trinajstić information content (AvgIpc) is 2.53. The van der Waals surface area contributed by atoms with Crippen LogP contribution in [-0.2, 0) is 0 Å². The zero-order valence-electron chi connectivity index (χ0n) is 7.80. The van der Waals surface area contributed by atoms with Gasteiger partial charge in [0.25, 0.3) is 0 Å². The van der Waals surface area contributed by atoms with Crippen LogP contribution in [0.3, 0.4) is 0 Å². The van der Waals surface area contributed by atoms with E-state index in [4.69, 9.17) is 0 Å². The molecule has 0 heteroatoms. The van der Waals surface area contributed by atoms with Crippen molar-refractivity contribution in [2.24, 2.45) is 23.7 Å². The molecule has 11 heavy (non-hydrogen) atoms. The summed E-state index contributed by atoms with van der Waals surface area (Å²) >= 11 is 0. The third-order valence-corrected chi connectivity index (χ3v) is 4.11. The molecule has 0 saturated heterocycles. The van der Waals surface area contributed by atoms with Crippen LogP contribution in [0.5, 0.6) is 0 Å². The molecule has 0 heterocycles. The van der Waals surface area contributed by atoms with Crippen LogP contribution in [0.1, 0.15) is 33.6 Å². The topological polar surface area (TPSA) is 0 Å². The standard InChI is InChI=1S/C11H18/c1-4-9-5-10-6-11(9)8(3)7(10)2/h4,7-8,10-11H,5-6H2,1-3H3/b9-4-. The van der Waals surface area contributed by atoms with Gasteiger partial charge in [-0.15, -0.1) is 0 Å². The van der Waals surface area contributed by atoms with Crippen molar-refractivity contribution in [1.29, 1.82) is 0 Å². The Labute approximate surface area is 69.7 Å². The Morgan fingerprint density at radius 2 is 2.00 bits per heavy atom. The Hall–Kier alpha value is -0.260. The maximum Gasteiger partial charge on any atom is -0.0172 e. The third-order valence-electron chi connectivity index (χ3n) is 4.11. The van der Waals surface area contributed by atoms with Crippen molar-refractivity contribution in [3.05, 3.63) is 11.6 Å². The molecule has 2 aliphatic carbocycles. The van der Waals surface area contributed by atoms with E-state index in [1.165, 1.54) is 12.8 Å². The highest BCUT2D eigenvalue weighted by atomic mass is 14.5. The molecule has 2 aliphatic rings. The highest BCUT2D eigenvalue weighted by Crippen LogP contribution is 2.54. The average molecular weight is 150 g/mol. The van der Waals surface area contributed by atoms with Crippen LogP contribution in [0.25, 0.3) is 0 Å². The van der Waals surface area contributed by atoms with Gasteiger partial charge in [-0.2, -0.15) is 0 Å². The number of hydrogen-bond donors (Lipinski definition) is 0. The summed E-state index contributed by atoms with van der Waals surface area (Å²) < 4.78 is 0. The lowest BCUT2D eigenvalue weighted by molar-refractivity contribution is 0.305. The van der Waals surface area contributed by atoms with Crippen molar-refractivity contribution >= 4 is 0 Å². The first-order chi connectivity index (χ1) is 5.24. The predicted octanol–water partition coefficient (Wildman–Crippen LogP) is 3.24. The maximum absolute atomic E-state index is 2.43. The van der Waals surface area contributed by atoms with Crippen LogP contribution in [-0.4, -0.2) is 0 Å². The van der Waals surface area contributed by atoms with Crippen LogP contribution in [0.2, 0.25) is 0 Å². The van der Waals surface area contributed by atoms with E-state index >= 15 is 0 Å². The fraction of sp³-hybridized carbons (Fsp3) is 0.818. The molecule has 2 saturated carbocycles. The fourth-order valence-electron chi connectivity index (χ4n) is 3.10. The normalized spacial score (nSPS) is 52.5. The van der Waals surface area contributed by atoms with Crippen molar-refractivity contribution in [2.45, 2.75) is 33.6 Å². The van der Waals surface area contributed by atoms with Gasteiger partial charge in [0, 0.05) is 0 Å². The van der Waals surface area contributed by atoms with Gasteiger partial charge in [-0.05, 0) is 43.4 Å². The van der Waals surface area contributed by atoms with Gasteiger partial charge < -0.3 is 0 Å². The zero-order chi connectivity index (χ0) is 8.01. The first kappa shape index (κ1) is 7.39. The summed E-state index contributed by atoms with van der Waals surface area (Å²) in [6, 6.07) is 0. The molecule has 4 atom stereocenters. The second-order valence-electron chi connectivity index (χ2n) is 4.39. The van der Waals surface area contributed by atoms with Gasteiger partial charge in [-0.25, -0.2) is 0 Å². The second kappa shape index (κ2) is 2.36. The molecule has 2 rings (SSSR count). The van der Waals surface area contributed by atoms with E-state index in [-0.39, 0.29) is 0 Å². The number of rotatable bonds is 0. The third kappa shape index (κ3) is 0.881. The van der Waals surface area contributed by atoms with Crippen LogP contribution < -0.4 is 0 Å². The van der Waals surface area contributed by atoms with E-state index in [0.29, 0.717) is 0 Å². The molecule has 0 aliphatic heterocycles. The quantitative estimate of drug-likeness (QED) is 0.465. The minimum absolute atomic E-state index is 0.958. The van der Waals surface area contributed by atoms with Gasteiger partial charge in [0.2, 0.25) is 0 Å². The molecular weight excluding hydrogens is 132 g/mol. The summed E-state index contributed by atoms with van der Waals surface area (Å²) in [7, 11) is 0. The minimum Gasteiger partial charge on any atom is -0.0882 e. The molecule has 0 aromatic heterocycles. The Bertz CT molecular complexity index is 188. The molecule has 62 valence electrons. The first-order valence-corrected chi connectivity index (χ1v) is 4.89. The maximum atomic E-state index is 2.43. The van der Waals surface area contributed by atoms with Crippen LogP contribution >= 0.6 is 0 Å². The van der Waals surface area contributed by atoms with Crippen molar-refractivity contribution < 1.29 is 0 Å². The minimum atomic E-state index is 0.958. The highest BCUT2D eigenvalue weighted by molar-refractivity contribution is 5.18. The smallest absolute Gasteiger partial charge is 0.0172 e. The Kier molecular flexibility index (Phi) is 1.59. The summed E-state index contributed by atoms with van der Waals surface area (Å²) in [5, 5.41) is 0. The lowest BCUT2D eigenvalue weighted by atomic mass is 9.79. The van der Waals surface area contributed by atoms with Crippen molar-refractivity contribution in [3.8, 4) is 0 Å². The largest absolute Gasteiger partial charge is 0.0882 e. The summed E-state index contributed by atoms with van der Waals surface area (Å²) in [6.07, 6.45) is 5.25. The zero-order valence-corrected chi connectivity index (χ0v) is 7.80. The van der Waals surface area contributed by atoms with E-state index in [1.54, 1.807) is 5.57 Å². The second-order valence-corrected chi connectivity index (χ2v) is 4.39. The van der Waals surface area contributed by atoms with E-state index in [2.05, 4.69) is 26.8 Å². The van der Waals surface area contributed by atoms with E-state index < -0.39 is 0 Å². The molecule has 0 aromatic rings. The van der Waals surface area contributed by atoms with E-state index in [0.717, 1.165) is 23.7 Å². The molecule has 2 fully saturated rings. The lowest BCUT2D eigenvalue weighted by Crippen LogP contribution is -2.18. The molecule has 0 N–H and O–H groups in total. The van der Waals surface area contributed by atoms with Crippen LogP contribution in [0.15, 0.2) is 11.6 Å². The molecule has 0 radical (unpaired) electrons. The molecule has 0 aromatic carbocycles. The lowest BCUT2D eigenvalue weighted by Gasteiger charge is -2.26. The number of allylic oxidation sites excluding steroid dienone is 2. The number of fused-ring (bicyclic) bond motifs is 2. The van der Waals surface area contributed by atoms with Crippen LogP contribution in [0, 0.1) is 23.7 Å². The molecule has 0 nitrogen and oxygen atoms in total. The van der Waals surface area contributed by atoms with Crippen molar-refractivity contribution in [1.82, 2.24) is 0 Å². The molecular formula is C11H18. The fourth-order valence-corrected chi connectivity index (χ4v) is 3.10. The molecule has 0 amide bonds. The van der Waals surface area contributed by atoms with Crippen molar-refractivity contribution in [3.63, 3.8) is 0 Å². The van der Waals surface area contributed by atoms with Gasteiger partial charge in [0.05, 0.1) is 0 Å². The van der Waals surface area contributed by atoms with E-state index in [9.17, 15) is 0 Å². The SMILES string of the molecule is C/C=C1/CC2CC1C(C)C2C. The van der Waals surface area contributed by atoms with Gasteiger partial charge in [-0.3, -0.25) is 0 Å². The highest BCUT2D eigenvalue weighted by Gasteiger charge is 2.45. The molecule has 4 unspecified atom stereocenters. The van der Waals surface area contributed by atoms with Gasteiger partial charge in [0.1, 0.15) is 0 Å². The summed E-state index contributed by atoms with van der Waals surface area (Å²) in [5.74, 6) is 3.94. The van der Waals surface area contributed by atoms with Crippen molar-refractivity contribution in [2.75, 3.05) is 0 Å². The number of hydrogen-bond acceptors (Lipinski definition) is 0. The Morgan fingerprint density at radius 1 is 1.27 bits per heavy atom. The molecule has 2 bridgehead atoms. The Balaban J connectivity index is 2.22.